The first-order valence-corrected chi connectivity index (χ1v) is 5.76. The number of ether oxygens (including phenoxy) is 1. The van der Waals surface area contributed by atoms with E-state index in [4.69, 9.17) is 4.74 Å². The summed E-state index contributed by atoms with van der Waals surface area (Å²) in [5.41, 5.74) is 0.670. The molecule has 0 amide bonds. The summed E-state index contributed by atoms with van der Waals surface area (Å²) in [6.45, 7) is 2.56. The van der Waals surface area contributed by atoms with E-state index in [1.165, 1.54) is 0 Å². The fourth-order valence-corrected chi connectivity index (χ4v) is 1.95. The van der Waals surface area contributed by atoms with Crippen molar-refractivity contribution in [2.45, 2.75) is 18.9 Å². The van der Waals surface area contributed by atoms with Crippen molar-refractivity contribution in [1.29, 1.82) is 0 Å². The highest BCUT2D eigenvalue weighted by Gasteiger charge is 2.33. The van der Waals surface area contributed by atoms with Crippen LogP contribution in [0.1, 0.15) is 18.3 Å². The zero-order valence-corrected chi connectivity index (χ0v) is 10.00. The molecule has 18 heavy (non-hydrogen) atoms. The van der Waals surface area contributed by atoms with Crippen molar-refractivity contribution in [3.8, 4) is 0 Å². The summed E-state index contributed by atoms with van der Waals surface area (Å²) >= 11 is 0. The molecule has 1 aliphatic rings. The van der Waals surface area contributed by atoms with Crippen LogP contribution in [0.15, 0.2) is 35.3 Å². The van der Waals surface area contributed by atoms with Crippen molar-refractivity contribution in [3.63, 3.8) is 0 Å². The third-order valence-corrected chi connectivity index (χ3v) is 2.84. The van der Waals surface area contributed by atoms with E-state index in [1.54, 1.807) is 0 Å². The quantitative estimate of drug-likeness (QED) is 0.871. The molecule has 3 rings (SSSR count). The van der Waals surface area contributed by atoms with Crippen LogP contribution >= 0.6 is 0 Å². The Balaban J connectivity index is 1.82. The molecule has 0 saturated heterocycles. The second-order valence-corrected chi connectivity index (χ2v) is 4.57. The molecule has 0 bridgehead atoms. The molecule has 1 aliphatic heterocycles. The number of rotatable bonds is 3. The fraction of sp³-hybridized carbons (Fsp3) is 0.333. The van der Waals surface area contributed by atoms with Crippen molar-refractivity contribution in [2.24, 2.45) is 4.99 Å². The van der Waals surface area contributed by atoms with Crippen LogP contribution < -0.4 is 0 Å². The Bertz CT molecular complexity index is 551. The number of nitrogens with zero attached hydrogens (tertiary/aromatic N) is 4. The van der Waals surface area contributed by atoms with Gasteiger partial charge in [0.1, 0.15) is 12.1 Å². The molecule has 6 nitrogen and oxygen atoms in total. The second kappa shape index (κ2) is 4.21. The van der Waals surface area contributed by atoms with Gasteiger partial charge in [-0.25, -0.2) is 4.99 Å². The van der Waals surface area contributed by atoms with E-state index in [2.05, 4.69) is 25.6 Å². The summed E-state index contributed by atoms with van der Waals surface area (Å²) in [5, 5.41) is 13.9. The van der Waals surface area contributed by atoms with E-state index < -0.39 is 0 Å². The topological polar surface area (TPSA) is 76.0 Å². The zero-order valence-electron chi connectivity index (χ0n) is 10.00. The largest absolute Gasteiger partial charge is 0.475 e. The lowest BCUT2D eigenvalue weighted by Gasteiger charge is -2.14. The highest BCUT2D eigenvalue weighted by atomic mass is 16.5. The molecule has 0 radical (unpaired) electrons. The molecule has 0 spiro atoms. The molecule has 0 aliphatic carbocycles. The number of hydrogen-bond donors (Lipinski definition) is 1. The predicted octanol–water partition coefficient (Wildman–Crippen LogP) is 0.978. The molecule has 1 atom stereocenters. The maximum absolute atomic E-state index is 5.67. The first-order chi connectivity index (χ1) is 8.75. The van der Waals surface area contributed by atoms with Gasteiger partial charge in [0, 0.05) is 12.0 Å². The number of aromatic amines is 1. The molecular formula is C12H13N5O. The van der Waals surface area contributed by atoms with Crippen LogP contribution in [0.25, 0.3) is 0 Å². The lowest BCUT2D eigenvalue weighted by molar-refractivity contribution is 0.264. The van der Waals surface area contributed by atoms with E-state index in [1.807, 2.05) is 37.3 Å². The minimum Gasteiger partial charge on any atom is -0.475 e. The van der Waals surface area contributed by atoms with Crippen molar-refractivity contribution >= 4 is 5.90 Å². The summed E-state index contributed by atoms with van der Waals surface area (Å²) in [4.78, 5) is 4.64. The molecule has 92 valence electrons. The van der Waals surface area contributed by atoms with Gasteiger partial charge in [-0.2, -0.15) is 5.21 Å². The van der Waals surface area contributed by atoms with Crippen LogP contribution in [0.2, 0.25) is 0 Å². The Morgan fingerprint density at radius 3 is 2.89 bits per heavy atom. The van der Waals surface area contributed by atoms with E-state index in [9.17, 15) is 0 Å². The van der Waals surface area contributed by atoms with Gasteiger partial charge in [0.05, 0.1) is 0 Å². The minimum absolute atomic E-state index is 0.324. The van der Waals surface area contributed by atoms with Gasteiger partial charge in [0.2, 0.25) is 5.90 Å². The van der Waals surface area contributed by atoms with Crippen LogP contribution in [0.3, 0.4) is 0 Å². The molecule has 6 heteroatoms. The Morgan fingerprint density at radius 2 is 2.17 bits per heavy atom. The number of H-pyrrole nitrogens is 1. The van der Waals surface area contributed by atoms with Crippen molar-refractivity contribution in [3.05, 3.63) is 41.7 Å². The third kappa shape index (κ3) is 2.09. The van der Waals surface area contributed by atoms with E-state index >= 15 is 0 Å². The summed E-state index contributed by atoms with van der Waals surface area (Å²) in [6, 6.07) is 9.88. The standard InChI is InChI=1S/C12H13N5O/c1-12(7-10-14-16-17-15-10)8-18-11(13-12)9-5-3-2-4-6-9/h2-6H,7-8H2,1H3,(H,14,15,16,17). The first-order valence-electron chi connectivity index (χ1n) is 5.76. The fourth-order valence-electron chi connectivity index (χ4n) is 1.95. The zero-order chi connectivity index (χ0) is 12.4. The molecule has 0 saturated carbocycles. The van der Waals surface area contributed by atoms with E-state index in [0.717, 1.165) is 5.56 Å². The molecule has 2 aromatic rings. The summed E-state index contributed by atoms with van der Waals surface area (Å²) in [7, 11) is 0. The minimum atomic E-state index is -0.324. The van der Waals surface area contributed by atoms with E-state index in [-0.39, 0.29) is 5.54 Å². The summed E-state index contributed by atoms with van der Waals surface area (Å²) in [6.07, 6.45) is 0.611. The maximum atomic E-state index is 5.67. The van der Waals surface area contributed by atoms with Crippen LogP contribution in [0.5, 0.6) is 0 Å². The van der Waals surface area contributed by atoms with Crippen LogP contribution in [-0.2, 0) is 11.2 Å². The highest BCUT2D eigenvalue weighted by Crippen LogP contribution is 2.24. The van der Waals surface area contributed by atoms with Gasteiger partial charge in [-0.15, -0.1) is 10.2 Å². The van der Waals surface area contributed by atoms with Gasteiger partial charge in [-0.05, 0) is 19.1 Å². The summed E-state index contributed by atoms with van der Waals surface area (Å²) in [5.74, 6) is 1.33. The SMILES string of the molecule is CC1(Cc2nn[nH]n2)COC(c2ccccc2)=N1. The highest BCUT2D eigenvalue weighted by molar-refractivity contribution is 5.95. The predicted molar refractivity (Wildman–Crippen MR) is 65.2 cm³/mol. The summed E-state index contributed by atoms with van der Waals surface area (Å²) < 4.78 is 5.67. The molecule has 0 fully saturated rings. The van der Waals surface area contributed by atoms with Gasteiger partial charge in [-0.1, -0.05) is 23.4 Å². The van der Waals surface area contributed by atoms with Gasteiger partial charge >= 0.3 is 0 Å². The van der Waals surface area contributed by atoms with Crippen LogP contribution in [0, 0.1) is 0 Å². The average Bonchev–Trinajstić information content (AvgIpc) is 3.01. The second-order valence-electron chi connectivity index (χ2n) is 4.57. The van der Waals surface area contributed by atoms with Crippen molar-refractivity contribution < 1.29 is 4.74 Å². The average molecular weight is 243 g/mol. The Kier molecular flexibility index (Phi) is 2.55. The van der Waals surface area contributed by atoms with Crippen molar-refractivity contribution in [1.82, 2.24) is 20.6 Å². The number of nitrogens with one attached hydrogen (secondary N) is 1. The van der Waals surface area contributed by atoms with Gasteiger partial charge < -0.3 is 4.74 Å². The molecule has 1 unspecified atom stereocenters. The first kappa shape index (κ1) is 10.9. The molecule has 2 heterocycles. The number of tetrazole rings is 1. The van der Waals surface area contributed by atoms with Gasteiger partial charge in [-0.3, -0.25) is 0 Å². The maximum Gasteiger partial charge on any atom is 0.216 e. The monoisotopic (exact) mass is 243 g/mol. The lowest BCUT2D eigenvalue weighted by atomic mass is 10.0. The molecule has 1 aromatic carbocycles. The Hall–Kier alpha value is -2.24. The van der Waals surface area contributed by atoms with Crippen LogP contribution in [0.4, 0.5) is 0 Å². The smallest absolute Gasteiger partial charge is 0.216 e. The van der Waals surface area contributed by atoms with Gasteiger partial charge in [0.15, 0.2) is 5.82 Å². The normalized spacial score (nSPS) is 22.6. The third-order valence-electron chi connectivity index (χ3n) is 2.84. The lowest BCUT2D eigenvalue weighted by Crippen LogP contribution is -2.27. The van der Waals surface area contributed by atoms with Crippen LogP contribution in [-0.4, -0.2) is 38.7 Å². The molecule has 1 N–H and O–H groups in total. The number of aliphatic imine (C=N–C) groups is 1. The van der Waals surface area contributed by atoms with E-state index in [0.29, 0.717) is 24.7 Å². The molecular weight excluding hydrogens is 230 g/mol. The van der Waals surface area contributed by atoms with Crippen molar-refractivity contribution in [2.75, 3.05) is 6.61 Å². The number of aromatic nitrogens is 4. The Labute approximate surface area is 104 Å². The number of hydrogen-bond acceptors (Lipinski definition) is 5. The molecule has 1 aromatic heterocycles. The number of benzene rings is 1. The van der Waals surface area contributed by atoms with Gasteiger partial charge in [0.25, 0.3) is 0 Å². The Morgan fingerprint density at radius 1 is 1.33 bits per heavy atom.